The number of fused-ring (bicyclic) bond motifs is 1. The normalized spacial score (nSPS) is 16.5. The van der Waals surface area contributed by atoms with Gasteiger partial charge in [0.1, 0.15) is 0 Å². The zero-order valence-corrected chi connectivity index (χ0v) is 21.5. The molecule has 0 fully saturated rings. The lowest BCUT2D eigenvalue weighted by Crippen LogP contribution is -2.36. The van der Waals surface area contributed by atoms with Gasteiger partial charge in [0.2, 0.25) is 15.9 Å². The van der Waals surface area contributed by atoms with Crippen molar-refractivity contribution >= 4 is 15.9 Å². The largest absolute Gasteiger partial charge is 0.416 e. The number of aryl methyl sites for hydroxylation is 1. The highest BCUT2D eigenvalue weighted by atomic mass is 32.2. The van der Waals surface area contributed by atoms with Gasteiger partial charge in [0.05, 0.1) is 22.5 Å². The summed E-state index contributed by atoms with van der Waals surface area (Å²) in [5.74, 6) is -0.366. The Balaban J connectivity index is 1.54. The molecule has 3 aromatic carbocycles. The molecule has 0 radical (unpaired) electrons. The van der Waals surface area contributed by atoms with Gasteiger partial charge in [-0.15, -0.1) is 0 Å². The van der Waals surface area contributed by atoms with Crippen LogP contribution in [0, 0.1) is 0 Å². The minimum absolute atomic E-state index is 0.213. The van der Waals surface area contributed by atoms with Crippen LogP contribution in [0.25, 0.3) is 0 Å². The molecule has 1 amide bonds. The average molecular weight is 546 g/mol. The van der Waals surface area contributed by atoms with Crippen molar-refractivity contribution < 1.29 is 26.4 Å². The van der Waals surface area contributed by atoms with Gasteiger partial charge in [-0.25, -0.2) is 13.1 Å². The van der Waals surface area contributed by atoms with Gasteiger partial charge in [-0.2, -0.15) is 13.2 Å². The van der Waals surface area contributed by atoms with Crippen molar-refractivity contribution in [2.75, 3.05) is 6.54 Å². The first-order chi connectivity index (χ1) is 18.1. The number of nitrogens with two attached hydrogens (primary N) is 1. The number of hydrogen-bond donors (Lipinski definition) is 3. The van der Waals surface area contributed by atoms with Crippen molar-refractivity contribution in [2.24, 2.45) is 5.73 Å². The first kappa shape index (κ1) is 27.8. The van der Waals surface area contributed by atoms with Gasteiger partial charge in [-0.1, -0.05) is 54.6 Å². The maximum Gasteiger partial charge on any atom is 0.416 e. The van der Waals surface area contributed by atoms with E-state index in [1.165, 1.54) is 0 Å². The standard InChI is InChI=1S/C28H30F3N3O3S/c29-28(30,31)22-9-5-10-23(17-22)38(36,37)34-26(20-6-2-1-3-7-20)18-27(35)33-25-11-4-8-21-16-19(14-15-32)12-13-24(21)25/h1-3,5-7,9-10,12-13,16-17,25-26,34H,4,8,11,14-15,18,32H2,(H,33,35)/t25-,26-/m1/s1. The third-order valence-electron chi connectivity index (χ3n) is 6.65. The predicted octanol–water partition coefficient (Wildman–Crippen LogP) is 4.81. The Hall–Kier alpha value is -3.21. The van der Waals surface area contributed by atoms with Crippen LogP contribution in [-0.4, -0.2) is 20.9 Å². The smallest absolute Gasteiger partial charge is 0.349 e. The molecule has 0 aliphatic heterocycles. The SMILES string of the molecule is NCCc1ccc2c(c1)CCC[C@H]2NC(=O)C[C@@H](NS(=O)(=O)c1cccc(C(F)(F)F)c1)c1ccccc1. The molecule has 10 heteroatoms. The van der Waals surface area contributed by atoms with Crippen LogP contribution in [0.15, 0.2) is 77.7 Å². The van der Waals surface area contributed by atoms with E-state index in [4.69, 9.17) is 5.73 Å². The van der Waals surface area contributed by atoms with Gasteiger partial charge in [0.25, 0.3) is 0 Å². The number of benzene rings is 3. The summed E-state index contributed by atoms with van der Waals surface area (Å²) in [6.07, 6.45) is -1.58. The van der Waals surface area contributed by atoms with E-state index in [1.807, 2.05) is 12.1 Å². The molecule has 202 valence electrons. The van der Waals surface area contributed by atoms with Crippen LogP contribution in [0.1, 0.15) is 59.2 Å². The number of sulfonamides is 1. The lowest BCUT2D eigenvalue weighted by molar-refractivity contribution is -0.137. The molecule has 4 rings (SSSR count). The summed E-state index contributed by atoms with van der Waals surface area (Å²) >= 11 is 0. The Kier molecular flexibility index (Phi) is 8.54. The second-order valence-electron chi connectivity index (χ2n) is 9.40. The second kappa shape index (κ2) is 11.7. The Labute approximate surface area is 220 Å². The van der Waals surface area contributed by atoms with Crippen LogP contribution in [0.4, 0.5) is 13.2 Å². The first-order valence-corrected chi connectivity index (χ1v) is 13.9. The second-order valence-corrected chi connectivity index (χ2v) is 11.1. The molecule has 0 aromatic heterocycles. The van der Waals surface area contributed by atoms with Gasteiger partial charge in [0.15, 0.2) is 0 Å². The van der Waals surface area contributed by atoms with Gasteiger partial charge in [0, 0.05) is 6.42 Å². The predicted molar refractivity (Wildman–Crippen MR) is 139 cm³/mol. The molecule has 0 bridgehead atoms. The number of nitrogens with one attached hydrogen (secondary N) is 2. The molecule has 38 heavy (non-hydrogen) atoms. The maximum atomic E-state index is 13.2. The van der Waals surface area contributed by atoms with Gasteiger partial charge < -0.3 is 11.1 Å². The number of rotatable bonds is 9. The van der Waals surface area contributed by atoms with Crippen molar-refractivity contribution in [1.82, 2.24) is 10.0 Å². The van der Waals surface area contributed by atoms with Crippen LogP contribution in [0.5, 0.6) is 0 Å². The fourth-order valence-electron chi connectivity index (χ4n) is 4.79. The van der Waals surface area contributed by atoms with E-state index in [0.29, 0.717) is 18.2 Å². The molecule has 0 saturated heterocycles. The van der Waals surface area contributed by atoms with E-state index in [0.717, 1.165) is 60.6 Å². The first-order valence-electron chi connectivity index (χ1n) is 12.4. The van der Waals surface area contributed by atoms with E-state index in [1.54, 1.807) is 30.3 Å². The number of hydrogen-bond acceptors (Lipinski definition) is 4. The summed E-state index contributed by atoms with van der Waals surface area (Å²) in [6, 6.07) is 17.0. The molecule has 0 saturated carbocycles. The number of carbonyl (C=O) groups excluding carboxylic acids is 1. The number of halogens is 3. The van der Waals surface area contributed by atoms with Crippen molar-refractivity contribution in [3.8, 4) is 0 Å². The van der Waals surface area contributed by atoms with E-state index >= 15 is 0 Å². The summed E-state index contributed by atoms with van der Waals surface area (Å²) in [6.45, 7) is 0.552. The molecule has 0 heterocycles. The van der Waals surface area contributed by atoms with E-state index in [-0.39, 0.29) is 18.4 Å². The molecular formula is C28H30F3N3O3S. The number of alkyl halides is 3. The third-order valence-corrected chi connectivity index (χ3v) is 8.12. The molecule has 3 aromatic rings. The van der Waals surface area contributed by atoms with E-state index in [2.05, 4.69) is 16.1 Å². The molecule has 0 spiro atoms. The van der Waals surface area contributed by atoms with Crippen molar-refractivity contribution in [2.45, 2.75) is 55.3 Å². The number of carbonyl (C=O) groups is 1. The minimum Gasteiger partial charge on any atom is -0.349 e. The Morgan fingerprint density at radius 1 is 1.03 bits per heavy atom. The Bertz CT molecular complexity index is 1380. The lowest BCUT2D eigenvalue weighted by atomic mass is 9.86. The average Bonchev–Trinajstić information content (AvgIpc) is 2.88. The minimum atomic E-state index is -4.69. The topological polar surface area (TPSA) is 101 Å². The molecule has 1 aliphatic carbocycles. The fourth-order valence-corrected chi connectivity index (χ4v) is 6.06. The fraction of sp³-hybridized carbons (Fsp3) is 0.321. The van der Waals surface area contributed by atoms with Gasteiger partial charge in [-0.3, -0.25) is 4.79 Å². The summed E-state index contributed by atoms with van der Waals surface area (Å²) in [5.41, 5.74) is 8.47. The van der Waals surface area contributed by atoms with Crippen LogP contribution >= 0.6 is 0 Å². The Morgan fingerprint density at radius 3 is 2.50 bits per heavy atom. The third kappa shape index (κ3) is 6.80. The molecule has 1 aliphatic rings. The van der Waals surface area contributed by atoms with Crippen LogP contribution in [0.3, 0.4) is 0 Å². The quantitative estimate of drug-likeness (QED) is 0.359. The van der Waals surface area contributed by atoms with Gasteiger partial charge in [-0.05, 0) is 72.7 Å². The summed E-state index contributed by atoms with van der Waals surface area (Å²) in [4.78, 5) is 12.6. The number of amides is 1. The molecule has 0 unspecified atom stereocenters. The summed E-state index contributed by atoms with van der Waals surface area (Å²) < 4.78 is 68.1. The van der Waals surface area contributed by atoms with E-state index in [9.17, 15) is 26.4 Å². The zero-order valence-electron chi connectivity index (χ0n) is 20.7. The maximum absolute atomic E-state index is 13.2. The molecule has 6 nitrogen and oxygen atoms in total. The van der Waals surface area contributed by atoms with Gasteiger partial charge >= 0.3 is 6.18 Å². The Morgan fingerprint density at radius 2 is 1.79 bits per heavy atom. The van der Waals surface area contributed by atoms with Crippen molar-refractivity contribution in [3.63, 3.8) is 0 Å². The lowest BCUT2D eigenvalue weighted by Gasteiger charge is -2.28. The monoisotopic (exact) mass is 545 g/mol. The van der Waals surface area contributed by atoms with Crippen molar-refractivity contribution in [3.05, 3.63) is 101 Å². The van der Waals surface area contributed by atoms with Crippen LogP contribution in [-0.2, 0) is 33.8 Å². The molecule has 4 N–H and O–H groups in total. The summed E-state index contributed by atoms with van der Waals surface area (Å²) in [5, 5.41) is 3.03. The van der Waals surface area contributed by atoms with Crippen molar-refractivity contribution in [1.29, 1.82) is 0 Å². The zero-order chi connectivity index (χ0) is 27.3. The highest BCUT2D eigenvalue weighted by Gasteiger charge is 2.32. The summed E-state index contributed by atoms with van der Waals surface area (Å²) in [7, 11) is -4.37. The molecular weight excluding hydrogens is 515 g/mol. The van der Waals surface area contributed by atoms with Crippen LogP contribution < -0.4 is 15.8 Å². The highest BCUT2D eigenvalue weighted by Crippen LogP contribution is 2.32. The van der Waals surface area contributed by atoms with Crippen LogP contribution in [0.2, 0.25) is 0 Å². The molecule has 2 atom stereocenters. The highest BCUT2D eigenvalue weighted by molar-refractivity contribution is 7.89. The van der Waals surface area contributed by atoms with E-state index < -0.39 is 32.7 Å².